The predicted molar refractivity (Wildman–Crippen MR) is 155 cm³/mol. The van der Waals surface area contributed by atoms with E-state index in [1.54, 1.807) is 24.1 Å². The van der Waals surface area contributed by atoms with Crippen LogP contribution in [0.25, 0.3) is 6.08 Å². The Morgan fingerprint density at radius 3 is 2.31 bits per heavy atom. The lowest BCUT2D eigenvalue weighted by atomic mass is 10.1. The molecule has 0 spiro atoms. The normalized spacial score (nSPS) is 15.2. The zero-order valence-corrected chi connectivity index (χ0v) is 22.2. The maximum atomic E-state index is 13.5. The minimum Gasteiger partial charge on any atom is -0.493 e. The van der Waals surface area contributed by atoms with Gasteiger partial charge in [0.05, 0.1) is 17.7 Å². The maximum Gasteiger partial charge on any atom is 0.266 e. The number of hydrogen-bond acceptors (Lipinski definition) is 5. The van der Waals surface area contributed by atoms with Crippen LogP contribution in [-0.4, -0.2) is 29.6 Å². The van der Waals surface area contributed by atoms with Gasteiger partial charge in [-0.3, -0.25) is 9.69 Å². The van der Waals surface area contributed by atoms with Crippen molar-refractivity contribution in [3.63, 3.8) is 0 Å². The lowest BCUT2D eigenvalue weighted by Crippen LogP contribution is -2.31. The number of hydrogen-bond donors (Lipinski definition) is 0. The van der Waals surface area contributed by atoms with Crippen molar-refractivity contribution < 1.29 is 18.7 Å². The summed E-state index contributed by atoms with van der Waals surface area (Å²) in [4.78, 5) is 20.6. The van der Waals surface area contributed by atoms with Crippen LogP contribution in [0, 0.1) is 5.82 Å². The van der Waals surface area contributed by atoms with Crippen LogP contribution >= 0.6 is 11.8 Å². The van der Waals surface area contributed by atoms with E-state index in [9.17, 15) is 9.18 Å². The van der Waals surface area contributed by atoms with E-state index in [1.165, 1.54) is 23.9 Å². The van der Waals surface area contributed by atoms with Crippen LogP contribution in [-0.2, 0) is 17.8 Å². The fourth-order valence-electron chi connectivity index (χ4n) is 4.07. The monoisotopic (exact) mass is 538 g/mol. The van der Waals surface area contributed by atoms with Crippen LogP contribution in [0.2, 0.25) is 0 Å². The molecule has 1 aliphatic rings. The number of carbonyl (C=O) groups is 1. The SMILES string of the molecule is COc1cc(/C=C2/SC(=Nc3ccccc3)N(CCc3ccccc3)C2=O)ccc1OCc1ccc(F)cc1. The van der Waals surface area contributed by atoms with E-state index in [0.717, 1.165) is 28.8 Å². The fourth-order valence-corrected chi connectivity index (χ4v) is 5.10. The summed E-state index contributed by atoms with van der Waals surface area (Å²) < 4.78 is 24.6. The number of amides is 1. The predicted octanol–water partition coefficient (Wildman–Crippen LogP) is 7.26. The van der Waals surface area contributed by atoms with Gasteiger partial charge in [0.1, 0.15) is 12.4 Å². The smallest absolute Gasteiger partial charge is 0.266 e. The van der Waals surface area contributed by atoms with E-state index in [-0.39, 0.29) is 18.3 Å². The highest BCUT2D eigenvalue weighted by Gasteiger charge is 2.33. The Labute approximate surface area is 231 Å². The molecule has 196 valence electrons. The Morgan fingerprint density at radius 2 is 1.59 bits per heavy atom. The molecule has 0 unspecified atom stereocenters. The molecular formula is C32H27FN2O3S. The molecule has 1 heterocycles. The molecule has 4 aromatic carbocycles. The molecule has 7 heteroatoms. The lowest BCUT2D eigenvalue weighted by molar-refractivity contribution is -0.122. The second-order valence-electron chi connectivity index (χ2n) is 8.86. The topological polar surface area (TPSA) is 51.1 Å². The van der Waals surface area contributed by atoms with Gasteiger partial charge >= 0.3 is 0 Å². The zero-order valence-electron chi connectivity index (χ0n) is 21.4. The average Bonchev–Trinajstić information content (AvgIpc) is 3.26. The van der Waals surface area contributed by atoms with Crippen LogP contribution in [0.1, 0.15) is 16.7 Å². The Kier molecular flexibility index (Phi) is 8.39. The molecule has 0 atom stereocenters. The van der Waals surface area contributed by atoms with Gasteiger partial charge in [-0.1, -0.05) is 66.7 Å². The molecule has 0 bridgehead atoms. The van der Waals surface area contributed by atoms with Gasteiger partial charge in [-0.2, -0.15) is 0 Å². The average molecular weight is 539 g/mol. The molecule has 4 aromatic rings. The summed E-state index contributed by atoms with van der Waals surface area (Å²) in [5.41, 5.74) is 3.61. The van der Waals surface area contributed by atoms with Gasteiger partial charge in [0.25, 0.3) is 5.91 Å². The minimum absolute atomic E-state index is 0.0822. The molecule has 0 saturated carbocycles. The van der Waals surface area contributed by atoms with Crippen molar-refractivity contribution >= 4 is 34.6 Å². The van der Waals surface area contributed by atoms with Crippen LogP contribution in [0.3, 0.4) is 0 Å². The molecule has 1 aliphatic heterocycles. The van der Waals surface area contributed by atoms with Crippen molar-refractivity contribution in [1.29, 1.82) is 0 Å². The number of aliphatic imine (C=N–C) groups is 1. The largest absolute Gasteiger partial charge is 0.493 e. The summed E-state index contributed by atoms with van der Waals surface area (Å²) in [6.45, 7) is 0.805. The Morgan fingerprint density at radius 1 is 0.872 bits per heavy atom. The number of amidine groups is 1. The standard InChI is InChI=1S/C32H27FN2O3S/c1-37-29-20-25(14-17-28(29)38-22-24-12-15-26(33)16-13-24)21-30-31(36)35(19-18-23-8-4-2-5-9-23)32(39-30)34-27-10-6-3-7-11-27/h2-17,20-21H,18-19,22H2,1H3/b30-21+,34-32?. The molecule has 0 aromatic heterocycles. The van der Waals surface area contributed by atoms with Gasteiger partial charge in [-0.15, -0.1) is 0 Å². The van der Waals surface area contributed by atoms with Crippen molar-refractivity contribution in [2.75, 3.05) is 13.7 Å². The summed E-state index contributed by atoms with van der Waals surface area (Å²) in [7, 11) is 1.57. The third-order valence-corrected chi connectivity index (χ3v) is 7.14. The first-order valence-corrected chi connectivity index (χ1v) is 13.3. The number of ether oxygens (including phenoxy) is 2. The summed E-state index contributed by atoms with van der Waals surface area (Å²) in [5, 5.41) is 0.652. The minimum atomic E-state index is -0.288. The number of methoxy groups -OCH3 is 1. The first kappa shape index (κ1) is 26.3. The number of nitrogens with zero attached hydrogens (tertiary/aromatic N) is 2. The highest BCUT2D eigenvalue weighted by atomic mass is 32.2. The molecule has 1 fully saturated rings. The van der Waals surface area contributed by atoms with Crippen molar-refractivity contribution in [3.8, 4) is 11.5 Å². The van der Waals surface area contributed by atoms with Crippen LogP contribution in [0.5, 0.6) is 11.5 Å². The number of halogens is 1. The molecule has 1 amide bonds. The molecule has 39 heavy (non-hydrogen) atoms. The number of carbonyl (C=O) groups excluding carboxylic acids is 1. The van der Waals surface area contributed by atoms with E-state index < -0.39 is 0 Å². The zero-order chi connectivity index (χ0) is 27.0. The second-order valence-corrected chi connectivity index (χ2v) is 9.87. The van der Waals surface area contributed by atoms with Gasteiger partial charge in [-0.25, -0.2) is 9.38 Å². The lowest BCUT2D eigenvalue weighted by Gasteiger charge is -2.15. The van der Waals surface area contributed by atoms with Gasteiger partial charge in [0.15, 0.2) is 16.7 Å². The van der Waals surface area contributed by atoms with Gasteiger partial charge in [-0.05, 0) is 77.3 Å². The molecule has 0 N–H and O–H groups in total. The van der Waals surface area contributed by atoms with E-state index in [2.05, 4.69) is 12.1 Å². The van der Waals surface area contributed by atoms with Gasteiger partial charge in [0, 0.05) is 6.54 Å². The van der Waals surface area contributed by atoms with Crippen molar-refractivity contribution in [2.24, 2.45) is 4.99 Å². The van der Waals surface area contributed by atoms with E-state index in [4.69, 9.17) is 14.5 Å². The summed E-state index contributed by atoms with van der Waals surface area (Å²) in [6, 6.07) is 31.4. The van der Waals surface area contributed by atoms with E-state index in [0.29, 0.717) is 28.1 Å². The van der Waals surface area contributed by atoms with Crippen LogP contribution in [0.15, 0.2) is 113 Å². The Balaban J connectivity index is 1.36. The van der Waals surface area contributed by atoms with Crippen LogP contribution in [0.4, 0.5) is 10.1 Å². The molecule has 5 nitrogen and oxygen atoms in total. The molecule has 5 rings (SSSR count). The summed E-state index contributed by atoms with van der Waals surface area (Å²) in [6.07, 6.45) is 2.57. The molecule has 0 radical (unpaired) electrons. The summed E-state index contributed by atoms with van der Waals surface area (Å²) in [5.74, 6) is 0.732. The molecule has 1 saturated heterocycles. The first-order chi connectivity index (χ1) is 19.1. The number of rotatable bonds is 9. The summed E-state index contributed by atoms with van der Waals surface area (Å²) >= 11 is 1.36. The van der Waals surface area contributed by atoms with Crippen molar-refractivity contribution in [1.82, 2.24) is 4.90 Å². The van der Waals surface area contributed by atoms with E-state index in [1.807, 2.05) is 72.8 Å². The number of benzene rings is 4. The first-order valence-electron chi connectivity index (χ1n) is 12.5. The third kappa shape index (κ3) is 6.75. The number of para-hydroxylation sites is 1. The highest BCUT2D eigenvalue weighted by Crippen LogP contribution is 2.36. The second kappa shape index (κ2) is 12.5. The quantitative estimate of drug-likeness (QED) is 0.211. The van der Waals surface area contributed by atoms with Gasteiger partial charge < -0.3 is 9.47 Å². The molecular weight excluding hydrogens is 511 g/mol. The van der Waals surface area contributed by atoms with Crippen LogP contribution < -0.4 is 9.47 Å². The highest BCUT2D eigenvalue weighted by molar-refractivity contribution is 8.18. The van der Waals surface area contributed by atoms with Crippen molar-refractivity contribution in [3.05, 3.63) is 131 Å². The fraction of sp³-hybridized carbons (Fsp3) is 0.125. The number of thioether (sulfide) groups is 1. The van der Waals surface area contributed by atoms with E-state index >= 15 is 0 Å². The maximum absolute atomic E-state index is 13.5. The van der Waals surface area contributed by atoms with Gasteiger partial charge in [0.2, 0.25) is 0 Å². The third-order valence-electron chi connectivity index (χ3n) is 6.13. The molecule has 0 aliphatic carbocycles. The van der Waals surface area contributed by atoms with Crippen molar-refractivity contribution in [2.45, 2.75) is 13.0 Å². The Hall–Kier alpha value is -4.36. The Bertz CT molecular complexity index is 1490.